The summed E-state index contributed by atoms with van der Waals surface area (Å²) in [4.78, 5) is 0. The average molecular weight is 227 g/mol. The first kappa shape index (κ1) is 9.33. The highest BCUT2D eigenvalue weighted by molar-refractivity contribution is 9.09. The molecule has 1 nitrogen and oxygen atoms in total. The summed E-state index contributed by atoms with van der Waals surface area (Å²) < 4.78 is 0. The summed E-state index contributed by atoms with van der Waals surface area (Å²) in [6.45, 7) is 2.02. The molecule has 0 unspecified atom stereocenters. The van der Waals surface area contributed by atoms with E-state index in [1.165, 1.54) is 5.56 Å². The molecule has 1 N–H and O–H groups in total. The van der Waals surface area contributed by atoms with Crippen LogP contribution in [-0.2, 0) is 0 Å². The Bertz CT molecular complexity index is 292. The standard InChI is InChI=1S/C10H11BrO/c1-8-4-5-10(12)7-9(8)3-2-6-11/h2-5,7,12H,6H2,1H3. The topological polar surface area (TPSA) is 20.2 Å². The first-order valence-electron chi connectivity index (χ1n) is 3.76. The predicted molar refractivity (Wildman–Crippen MR) is 55.7 cm³/mol. The Hall–Kier alpha value is -0.760. The van der Waals surface area contributed by atoms with E-state index in [0.29, 0.717) is 5.75 Å². The molecule has 0 saturated heterocycles. The van der Waals surface area contributed by atoms with E-state index in [2.05, 4.69) is 15.9 Å². The summed E-state index contributed by atoms with van der Waals surface area (Å²) in [5.41, 5.74) is 2.24. The normalized spacial score (nSPS) is 10.8. The van der Waals surface area contributed by atoms with Gasteiger partial charge in [-0.15, -0.1) is 0 Å². The number of phenolic OH excluding ortho intramolecular Hbond substituents is 1. The monoisotopic (exact) mass is 226 g/mol. The predicted octanol–water partition coefficient (Wildman–Crippen LogP) is 3.11. The second-order valence-corrected chi connectivity index (χ2v) is 3.25. The molecule has 0 saturated carbocycles. The van der Waals surface area contributed by atoms with Crippen LogP contribution in [-0.4, -0.2) is 10.4 Å². The van der Waals surface area contributed by atoms with Gasteiger partial charge in [-0.05, 0) is 30.2 Å². The van der Waals surface area contributed by atoms with Gasteiger partial charge in [0.05, 0.1) is 0 Å². The van der Waals surface area contributed by atoms with E-state index in [-0.39, 0.29) is 0 Å². The lowest BCUT2D eigenvalue weighted by atomic mass is 10.1. The van der Waals surface area contributed by atoms with Crippen molar-refractivity contribution in [1.82, 2.24) is 0 Å². The van der Waals surface area contributed by atoms with Crippen LogP contribution >= 0.6 is 15.9 Å². The fraction of sp³-hybridized carbons (Fsp3) is 0.200. The van der Waals surface area contributed by atoms with Crippen LogP contribution in [0.1, 0.15) is 11.1 Å². The SMILES string of the molecule is Cc1ccc(O)cc1C=CCBr. The number of alkyl halides is 1. The van der Waals surface area contributed by atoms with Gasteiger partial charge in [0, 0.05) is 5.33 Å². The van der Waals surface area contributed by atoms with Gasteiger partial charge in [0.2, 0.25) is 0 Å². The Morgan fingerprint density at radius 1 is 1.50 bits per heavy atom. The maximum absolute atomic E-state index is 9.19. The largest absolute Gasteiger partial charge is 0.508 e. The summed E-state index contributed by atoms with van der Waals surface area (Å²) in [5, 5.41) is 10.0. The molecule has 0 aliphatic carbocycles. The van der Waals surface area contributed by atoms with E-state index < -0.39 is 0 Å². The molecule has 0 aliphatic rings. The Balaban J connectivity index is 2.97. The van der Waals surface area contributed by atoms with E-state index in [1.54, 1.807) is 12.1 Å². The van der Waals surface area contributed by atoms with Gasteiger partial charge >= 0.3 is 0 Å². The minimum absolute atomic E-state index is 0.315. The molecule has 12 heavy (non-hydrogen) atoms. The lowest BCUT2D eigenvalue weighted by Gasteiger charge is -1.99. The van der Waals surface area contributed by atoms with Crippen LogP contribution in [0.15, 0.2) is 24.3 Å². The van der Waals surface area contributed by atoms with Crippen molar-refractivity contribution in [2.45, 2.75) is 6.92 Å². The lowest BCUT2D eigenvalue weighted by Crippen LogP contribution is -1.79. The molecule has 0 amide bonds. The zero-order chi connectivity index (χ0) is 8.97. The first-order chi connectivity index (χ1) is 5.74. The first-order valence-corrected chi connectivity index (χ1v) is 4.88. The number of halogens is 1. The average Bonchev–Trinajstić information content (AvgIpc) is 2.07. The van der Waals surface area contributed by atoms with Crippen LogP contribution in [0.3, 0.4) is 0 Å². The van der Waals surface area contributed by atoms with Crippen molar-refractivity contribution in [3.05, 3.63) is 35.4 Å². The van der Waals surface area contributed by atoms with E-state index in [4.69, 9.17) is 0 Å². The second kappa shape index (κ2) is 4.31. The van der Waals surface area contributed by atoms with Crippen LogP contribution in [0.5, 0.6) is 5.75 Å². The van der Waals surface area contributed by atoms with E-state index in [1.807, 2.05) is 25.1 Å². The second-order valence-electron chi connectivity index (χ2n) is 2.60. The molecule has 0 heterocycles. The third kappa shape index (κ3) is 2.38. The maximum atomic E-state index is 9.19. The summed E-state index contributed by atoms with van der Waals surface area (Å²) in [6, 6.07) is 5.36. The zero-order valence-corrected chi connectivity index (χ0v) is 8.51. The molecule has 0 bridgehead atoms. The smallest absolute Gasteiger partial charge is 0.116 e. The molecular weight excluding hydrogens is 216 g/mol. The van der Waals surface area contributed by atoms with Crippen LogP contribution in [0, 0.1) is 6.92 Å². The minimum Gasteiger partial charge on any atom is -0.508 e. The lowest BCUT2D eigenvalue weighted by molar-refractivity contribution is 0.475. The number of phenols is 1. The number of allylic oxidation sites excluding steroid dienone is 1. The Kier molecular flexibility index (Phi) is 3.35. The molecule has 1 aromatic rings. The highest BCUT2D eigenvalue weighted by Gasteiger charge is 1.94. The summed E-state index contributed by atoms with van der Waals surface area (Å²) >= 11 is 3.30. The fourth-order valence-corrected chi connectivity index (χ4v) is 1.17. The van der Waals surface area contributed by atoms with Crippen molar-refractivity contribution in [2.24, 2.45) is 0 Å². The van der Waals surface area contributed by atoms with Crippen LogP contribution in [0.4, 0.5) is 0 Å². The highest BCUT2D eigenvalue weighted by Crippen LogP contribution is 2.16. The molecule has 0 aliphatic heterocycles. The molecule has 1 aromatic carbocycles. The molecule has 2 heteroatoms. The molecule has 0 atom stereocenters. The number of aromatic hydroxyl groups is 1. The van der Waals surface area contributed by atoms with Gasteiger partial charge in [0.25, 0.3) is 0 Å². The van der Waals surface area contributed by atoms with Crippen molar-refractivity contribution in [1.29, 1.82) is 0 Å². The van der Waals surface area contributed by atoms with Gasteiger partial charge < -0.3 is 5.11 Å². The van der Waals surface area contributed by atoms with Gasteiger partial charge in [0.1, 0.15) is 5.75 Å². The van der Waals surface area contributed by atoms with Crippen molar-refractivity contribution >= 4 is 22.0 Å². The molecule has 64 valence electrons. The van der Waals surface area contributed by atoms with Gasteiger partial charge in [-0.25, -0.2) is 0 Å². The van der Waals surface area contributed by atoms with Crippen LogP contribution in [0.2, 0.25) is 0 Å². The minimum atomic E-state index is 0.315. The van der Waals surface area contributed by atoms with Crippen molar-refractivity contribution in [3.8, 4) is 5.75 Å². The van der Waals surface area contributed by atoms with Crippen molar-refractivity contribution in [2.75, 3.05) is 5.33 Å². The highest BCUT2D eigenvalue weighted by atomic mass is 79.9. The van der Waals surface area contributed by atoms with Crippen LogP contribution < -0.4 is 0 Å². The summed E-state index contributed by atoms with van der Waals surface area (Å²) in [5.74, 6) is 0.315. The summed E-state index contributed by atoms with van der Waals surface area (Å²) in [6.07, 6.45) is 3.99. The quantitative estimate of drug-likeness (QED) is 0.769. The van der Waals surface area contributed by atoms with Gasteiger partial charge in [0.15, 0.2) is 0 Å². The number of hydrogen-bond acceptors (Lipinski definition) is 1. The molecule has 1 rings (SSSR count). The van der Waals surface area contributed by atoms with E-state index >= 15 is 0 Å². The Morgan fingerprint density at radius 2 is 2.25 bits per heavy atom. The molecule has 0 aromatic heterocycles. The van der Waals surface area contributed by atoms with Gasteiger partial charge in [-0.2, -0.15) is 0 Å². The molecular formula is C10H11BrO. The van der Waals surface area contributed by atoms with E-state index in [9.17, 15) is 5.11 Å². The maximum Gasteiger partial charge on any atom is 0.116 e. The molecule has 0 radical (unpaired) electrons. The molecule has 0 spiro atoms. The van der Waals surface area contributed by atoms with E-state index in [0.717, 1.165) is 10.9 Å². The number of rotatable bonds is 2. The number of benzene rings is 1. The Morgan fingerprint density at radius 3 is 2.92 bits per heavy atom. The third-order valence-corrected chi connectivity index (χ3v) is 2.02. The van der Waals surface area contributed by atoms with Crippen molar-refractivity contribution in [3.63, 3.8) is 0 Å². The summed E-state index contributed by atoms with van der Waals surface area (Å²) in [7, 11) is 0. The third-order valence-electron chi connectivity index (χ3n) is 1.65. The molecule has 0 fully saturated rings. The number of hydrogen-bond donors (Lipinski definition) is 1. The zero-order valence-electron chi connectivity index (χ0n) is 6.92. The Labute approximate surface area is 80.9 Å². The number of aryl methyl sites for hydroxylation is 1. The van der Waals surface area contributed by atoms with Crippen molar-refractivity contribution < 1.29 is 5.11 Å². The van der Waals surface area contributed by atoms with Crippen LogP contribution in [0.25, 0.3) is 6.08 Å². The fourth-order valence-electron chi connectivity index (χ4n) is 0.979. The van der Waals surface area contributed by atoms with Gasteiger partial charge in [-0.1, -0.05) is 34.1 Å². The van der Waals surface area contributed by atoms with Gasteiger partial charge in [-0.3, -0.25) is 0 Å².